The van der Waals surface area contributed by atoms with Crippen molar-refractivity contribution in [1.82, 2.24) is 15.2 Å². The van der Waals surface area contributed by atoms with Crippen LogP contribution in [0.4, 0.5) is 4.39 Å². The lowest BCUT2D eigenvalue weighted by Crippen LogP contribution is -2.51. The number of rotatable bonds is 4. The summed E-state index contributed by atoms with van der Waals surface area (Å²) in [7, 11) is 1.80. The van der Waals surface area contributed by atoms with Gasteiger partial charge in [0.1, 0.15) is 11.9 Å². The lowest BCUT2D eigenvalue weighted by molar-refractivity contribution is -0.0604. The highest BCUT2D eigenvalue weighted by atomic mass is 32.1. The molecule has 2 atom stereocenters. The minimum atomic E-state index is -0.231. The molecular formula is C20H27FN4OS. The second-order valence-electron chi connectivity index (χ2n) is 6.86. The number of aromatic nitrogens is 1. The zero-order valence-electron chi connectivity index (χ0n) is 16.3. The van der Waals surface area contributed by atoms with Gasteiger partial charge in [-0.1, -0.05) is 12.1 Å². The zero-order chi connectivity index (χ0) is 19.4. The topological polar surface area (TPSA) is 49.8 Å². The van der Waals surface area contributed by atoms with Crippen molar-refractivity contribution in [3.63, 3.8) is 0 Å². The van der Waals surface area contributed by atoms with Crippen LogP contribution in [-0.2, 0) is 11.2 Å². The Balaban J connectivity index is 1.61. The van der Waals surface area contributed by atoms with Crippen molar-refractivity contribution in [3.05, 3.63) is 51.2 Å². The Labute approximate surface area is 164 Å². The van der Waals surface area contributed by atoms with E-state index in [-0.39, 0.29) is 18.0 Å². The number of aliphatic imine (C=N–C) groups is 1. The number of guanidine groups is 1. The van der Waals surface area contributed by atoms with Crippen LogP contribution in [0.2, 0.25) is 0 Å². The van der Waals surface area contributed by atoms with Gasteiger partial charge >= 0.3 is 0 Å². The number of halogens is 1. The molecule has 27 heavy (non-hydrogen) atoms. The van der Waals surface area contributed by atoms with Crippen molar-refractivity contribution >= 4 is 17.3 Å². The lowest BCUT2D eigenvalue weighted by Gasteiger charge is -2.38. The third kappa shape index (κ3) is 5.05. The monoisotopic (exact) mass is 390 g/mol. The van der Waals surface area contributed by atoms with Gasteiger partial charge in [0.2, 0.25) is 0 Å². The van der Waals surface area contributed by atoms with Crippen molar-refractivity contribution in [2.24, 2.45) is 4.99 Å². The molecule has 0 radical (unpaired) electrons. The predicted molar refractivity (Wildman–Crippen MR) is 108 cm³/mol. The molecule has 0 spiro atoms. The van der Waals surface area contributed by atoms with Crippen LogP contribution in [0.3, 0.4) is 0 Å². The van der Waals surface area contributed by atoms with Gasteiger partial charge in [-0.05, 0) is 38.5 Å². The minimum absolute atomic E-state index is 0.0683. The van der Waals surface area contributed by atoms with Crippen LogP contribution >= 0.6 is 11.3 Å². The Morgan fingerprint density at radius 1 is 1.33 bits per heavy atom. The van der Waals surface area contributed by atoms with Gasteiger partial charge in [0.15, 0.2) is 5.96 Å². The number of morpholine rings is 1. The number of ether oxygens (including phenoxy) is 1. The van der Waals surface area contributed by atoms with E-state index in [1.807, 2.05) is 6.92 Å². The average Bonchev–Trinajstić information content (AvgIpc) is 2.96. The summed E-state index contributed by atoms with van der Waals surface area (Å²) in [5.41, 5.74) is 2.10. The van der Waals surface area contributed by atoms with Gasteiger partial charge in [-0.2, -0.15) is 0 Å². The molecule has 1 aliphatic heterocycles. The van der Waals surface area contributed by atoms with Crippen molar-refractivity contribution in [2.75, 3.05) is 26.7 Å². The molecule has 0 bridgehead atoms. The van der Waals surface area contributed by atoms with Crippen LogP contribution in [0.15, 0.2) is 29.3 Å². The molecule has 0 amide bonds. The SMILES string of the molecule is CN=C(NCCc1sc(C)nc1C)N1CC(C)OC(c2ccc(F)cc2)C1. The summed E-state index contributed by atoms with van der Waals surface area (Å²) >= 11 is 1.75. The van der Waals surface area contributed by atoms with Gasteiger partial charge in [0.05, 0.1) is 23.4 Å². The van der Waals surface area contributed by atoms with Crippen LogP contribution in [0.5, 0.6) is 0 Å². The van der Waals surface area contributed by atoms with Crippen molar-refractivity contribution in [2.45, 2.75) is 39.4 Å². The number of hydrogen-bond donors (Lipinski definition) is 1. The molecule has 1 fully saturated rings. The number of thiazole rings is 1. The second kappa shape index (κ2) is 8.80. The van der Waals surface area contributed by atoms with E-state index < -0.39 is 0 Å². The van der Waals surface area contributed by atoms with Gasteiger partial charge in [-0.3, -0.25) is 4.99 Å². The maximum Gasteiger partial charge on any atom is 0.193 e. The standard InChI is InChI=1S/C20H27FN4OS/c1-13-11-25(12-18(26-13)16-5-7-17(21)8-6-16)20(22-4)23-10-9-19-14(2)24-15(3)27-19/h5-8,13,18H,9-12H2,1-4H3,(H,22,23). The Morgan fingerprint density at radius 3 is 2.70 bits per heavy atom. The van der Waals surface area contributed by atoms with Crippen molar-refractivity contribution in [3.8, 4) is 0 Å². The molecule has 1 aromatic heterocycles. The molecule has 1 aromatic carbocycles. The fourth-order valence-corrected chi connectivity index (χ4v) is 4.35. The van der Waals surface area contributed by atoms with Gasteiger partial charge < -0.3 is 15.0 Å². The highest BCUT2D eigenvalue weighted by Crippen LogP contribution is 2.25. The molecule has 5 nitrogen and oxygen atoms in total. The largest absolute Gasteiger partial charge is 0.367 e. The first kappa shape index (κ1) is 19.8. The van der Waals surface area contributed by atoms with E-state index in [0.29, 0.717) is 6.54 Å². The molecule has 146 valence electrons. The summed E-state index contributed by atoms with van der Waals surface area (Å²) in [5, 5.41) is 4.57. The van der Waals surface area contributed by atoms with Crippen LogP contribution in [-0.4, -0.2) is 48.6 Å². The van der Waals surface area contributed by atoms with Crippen LogP contribution in [0.1, 0.15) is 34.2 Å². The number of benzene rings is 1. The zero-order valence-corrected chi connectivity index (χ0v) is 17.1. The van der Waals surface area contributed by atoms with Gasteiger partial charge in [0.25, 0.3) is 0 Å². The van der Waals surface area contributed by atoms with Crippen LogP contribution < -0.4 is 5.32 Å². The first-order valence-corrected chi connectivity index (χ1v) is 10.1. The summed E-state index contributed by atoms with van der Waals surface area (Å²) in [5.74, 6) is 0.640. The number of nitrogens with zero attached hydrogens (tertiary/aromatic N) is 3. The van der Waals surface area contributed by atoms with E-state index in [0.717, 1.165) is 41.7 Å². The second-order valence-corrected chi connectivity index (χ2v) is 8.15. The maximum absolute atomic E-state index is 13.2. The molecule has 0 saturated carbocycles. The van der Waals surface area contributed by atoms with Gasteiger partial charge in [-0.25, -0.2) is 9.37 Å². The summed E-state index contributed by atoms with van der Waals surface area (Å²) in [6.07, 6.45) is 0.899. The minimum Gasteiger partial charge on any atom is -0.367 e. The molecule has 3 rings (SSSR count). The van der Waals surface area contributed by atoms with E-state index in [9.17, 15) is 4.39 Å². The highest BCUT2D eigenvalue weighted by Gasteiger charge is 2.28. The first-order chi connectivity index (χ1) is 13.0. The maximum atomic E-state index is 13.2. The average molecular weight is 391 g/mol. The molecule has 2 aromatic rings. The molecule has 2 unspecified atom stereocenters. The first-order valence-electron chi connectivity index (χ1n) is 9.25. The Hall–Kier alpha value is -1.99. The Bertz CT molecular complexity index is 790. The predicted octanol–water partition coefficient (Wildman–Crippen LogP) is 3.48. The summed E-state index contributed by atoms with van der Waals surface area (Å²) < 4.78 is 19.3. The third-order valence-corrected chi connectivity index (χ3v) is 5.78. The number of nitrogens with one attached hydrogen (secondary N) is 1. The van der Waals surface area contributed by atoms with E-state index in [1.54, 1.807) is 30.5 Å². The number of hydrogen-bond acceptors (Lipinski definition) is 4. The lowest BCUT2D eigenvalue weighted by atomic mass is 10.1. The number of aryl methyl sites for hydroxylation is 2. The normalized spacial score (nSPS) is 20.8. The fourth-order valence-electron chi connectivity index (χ4n) is 3.41. The van der Waals surface area contributed by atoms with Crippen LogP contribution in [0, 0.1) is 19.7 Å². The molecule has 2 heterocycles. The van der Waals surface area contributed by atoms with E-state index in [4.69, 9.17) is 4.74 Å². The third-order valence-electron chi connectivity index (χ3n) is 4.65. The summed E-state index contributed by atoms with van der Waals surface area (Å²) in [4.78, 5) is 12.5. The molecule has 1 aliphatic rings. The van der Waals surface area contributed by atoms with Crippen molar-refractivity contribution < 1.29 is 9.13 Å². The van der Waals surface area contributed by atoms with Gasteiger partial charge in [0, 0.05) is 31.4 Å². The molecule has 1 N–H and O–H groups in total. The summed E-state index contributed by atoms with van der Waals surface area (Å²) in [6.45, 7) is 8.43. The van der Waals surface area contributed by atoms with E-state index >= 15 is 0 Å². The van der Waals surface area contributed by atoms with Crippen molar-refractivity contribution in [1.29, 1.82) is 0 Å². The van der Waals surface area contributed by atoms with Gasteiger partial charge in [-0.15, -0.1) is 11.3 Å². The Kier molecular flexibility index (Phi) is 6.44. The quantitative estimate of drug-likeness (QED) is 0.641. The smallest absolute Gasteiger partial charge is 0.193 e. The molecule has 7 heteroatoms. The van der Waals surface area contributed by atoms with Crippen LogP contribution in [0.25, 0.3) is 0 Å². The summed E-state index contributed by atoms with van der Waals surface area (Å²) in [6, 6.07) is 6.55. The molecular weight excluding hydrogens is 363 g/mol. The molecule has 0 aliphatic carbocycles. The fraction of sp³-hybridized carbons (Fsp3) is 0.500. The van der Waals surface area contributed by atoms with E-state index in [2.05, 4.69) is 34.0 Å². The van der Waals surface area contributed by atoms with E-state index in [1.165, 1.54) is 17.0 Å². The molecule has 1 saturated heterocycles. The Morgan fingerprint density at radius 2 is 2.07 bits per heavy atom. The highest BCUT2D eigenvalue weighted by molar-refractivity contribution is 7.11.